The summed E-state index contributed by atoms with van der Waals surface area (Å²) in [5.74, 6) is -0.589. The summed E-state index contributed by atoms with van der Waals surface area (Å²) in [6.45, 7) is 3.17. The van der Waals surface area contributed by atoms with Gasteiger partial charge in [0.15, 0.2) is 11.5 Å². The molecule has 7 heteroatoms. The maximum absolute atomic E-state index is 10.6. The maximum Gasteiger partial charge on any atom is 0.358 e. The molecule has 2 heterocycles. The fourth-order valence-electron chi connectivity index (χ4n) is 1.53. The minimum absolute atomic E-state index is 0.0773. The Balaban J connectivity index is 1.81. The molecule has 1 unspecified atom stereocenters. The maximum atomic E-state index is 10.6. The highest BCUT2D eigenvalue weighted by atomic mass is 16.5. The molecular formula is C11H14N4O3. The number of aromatic nitrogens is 3. The standard InChI is InChI=1S/C11H14N4O3/c1-8(7-15-4-2-3-13-15)12-6-9-5-10(11(16)17)14-18-9/h2-5,8,12H,6-7H2,1H3,(H,16,17). The lowest BCUT2D eigenvalue weighted by atomic mass is 10.3. The number of nitrogens with zero attached hydrogens (tertiary/aromatic N) is 3. The normalized spacial score (nSPS) is 12.5. The molecule has 0 amide bonds. The largest absolute Gasteiger partial charge is 0.476 e. The van der Waals surface area contributed by atoms with Gasteiger partial charge in [0, 0.05) is 24.5 Å². The SMILES string of the molecule is CC(Cn1cccn1)NCc1cc(C(=O)O)no1. The van der Waals surface area contributed by atoms with E-state index in [0.29, 0.717) is 12.3 Å². The molecule has 0 aliphatic carbocycles. The summed E-state index contributed by atoms with van der Waals surface area (Å²) in [5.41, 5.74) is -0.0773. The average Bonchev–Trinajstić information content (AvgIpc) is 2.96. The molecule has 0 bridgehead atoms. The van der Waals surface area contributed by atoms with E-state index in [2.05, 4.69) is 15.6 Å². The Morgan fingerprint density at radius 3 is 3.11 bits per heavy atom. The summed E-state index contributed by atoms with van der Waals surface area (Å²) in [6.07, 6.45) is 3.61. The van der Waals surface area contributed by atoms with Gasteiger partial charge in [-0.25, -0.2) is 4.79 Å². The number of nitrogens with one attached hydrogen (secondary N) is 1. The molecule has 0 aliphatic rings. The van der Waals surface area contributed by atoms with Crippen LogP contribution in [0.3, 0.4) is 0 Å². The monoisotopic (exact) mass is 250 g/mol. The van der Waals surface area contributed by atoms with E-state index >= 15 is 0 Å². The van der Waals surface area contributed by atoms with Crippen LogP contribution in [0.2, 0.25) is 0 Å². The Morgan fingerprint density at radius 2 is 2.50 bits per heavy atom. The van der Waals surface area contributed by atoms with E-state index in [0.717, 1.165) is 6.54 Å². The number of carbonyl (C=O) groups is 1. The number of rotatable bonds is 6. The highest BCUT2D eigenvalue weighted by Gasteiger charge is 2.11. The van der Waals surface area contributed by atoms with Crippen LogP contribution in [0, 0.1) is 0 Å². The van der Waals surface area contributed by atoms with Crippen LogP contribution in [0.4, 0.5) is 0 Å². The zero-order valence-corrected chi connectivity index (χ0v) is 9.91. The molecule has 7 nitrogen and oxygen atoms in total. The van der Waals surface area contributed by atoms with Crippen molar-refractivity contribution in [2.45, 2.75) is 26.1 Å². The second-order valence-corrected chi connectivity index (χ2v) is 3.99. The molecule has 0 fully saturated rings. The Hall–Kier alpha value is -2.15. The van der Waals surface area contributed by atoms with Crippen LogP contribution in [0.15, 0.2) is 29.0 Å². The van der Waals surface area contributed by atoms with E-state index in [9.17, 15) is 4.79 Å². The molecule has 2 aromatic rings. The smallest absolute Gasteiger partial charge is 0.358 e. The summed E-state index contributed by atoms with van der Waals surface area (Å²) in [7, 11) is 0. The quantitative estimate of drug-likeness (QED) is 0.785. The van der Waals surface area contributed by atoms with Gasteiger partial charge >= 0.3 is 5.97 Å². The highest BCUT2D eigenvalue weighted by Crippen LogP contribution is 2.03. The molecule has 1 atom stereocenters. The zero-order chi connectivity index (χ0) is 13.0. The Bertz CT molecular complexity index is 506. The molecule has 96 valence electrons. The topological polar surface area (TPSA) is 93.2 Å². The lowest BCUT2D eigenvalue weighted by Gasteiger charge is -2.12. The van der Waals surface area contributed by atoms with Crippen molar-refractivity contribution in [1.82, 2.24) is 20.3 Å². The minimum Gasteiger partial charge on any atom is -0.476 e. The first kappa shape index (κ1) is 12.3. The van der Waals surface area contributed by atoms with Crippen molar-refractivity contribution in [1.29, 1.82) is 0 Å². The molecule has 0 radical (unpaired) electrons. The number of carboxylic acid groups (broad SMARTS) is 1. The van der Waals surface area contributed by atoms with Gasteiger partial charge in [0.1, 0.15) is 0 Å². The molecule has 2 rings (SSSR count). The van der Waals surface area contributed by atoms with E-state index in [1.165, 1.54) is 6.07 Å². The predicted octanol–water partition coefficient (Wildman–Crippen LogP) is 0.748. The molecule has 2 N–H and O–H groups in total. The number of hydrogen-bond donors (Lipinski definition) is 2. The Morgan fingerprint density at radius 1 is 1.67 bits per heavy atom. The van der Waals surface area contributed by atoms with Gasteiger partial charge < -0.3 is 14.9 Å². The number of aromatic carboxylic acids is 1. The van der Waals surface area contributed by atoms with E-state index in [-0.39, 0.29) is 11.7 Å². The van der Waals surface area contributed by atoms with E-state index < -0.39 is 5.97 Å². The van der Waals surface area contributed by atoms with Crippen molar-refractivity contribution in [3.63, 3.8) is 0 Å². The van der Waals surface area contributed by atoms with Gasteiger partial charge in [-0.2, -0.15) is 5.10 Å². The summed E-state index contributed by atoms with van der Waals surface area (Å²) in [6, 6.07) is 3.46. The molecule has 0 aromatic carbocycles. The van der Waals surface area contributed by atoms with Crippen LogP contribution >= 0.6 is 0 Å². The third-order valence-corrected chi connectivity index (χ3v) is 2.42. The van der Waals surface area contributed by atoms with Crippen LogP contribution in [0.1, 0.15) is 23.2 Å². The predicted molar refractivity (Wildman–Crippen MR) is 62.0 cm³/mol. The third-order valence-electron chi connectivity index (χ3n) is 2.42. The highest BCUT2D eigenvalue weighted by molar-refractivity contribution is 5.85. The van der Waals surface area contributed by atoms with Gasteiger partial charge in [-0.1, -0.05) is 5.16 Å². The van der Waals surface area contributed by atoms with Crippen LogP contribution < -0.4 is 5.32 Å². The average molecular weight is 250 g/mol. The van der Waals surface area contributed by atoms with Gasteiger partial charge in [-0.05, 0) is 13.0 Å². The van der Waals surface area contributed by atoms with Gasteiger partial charge in [-0.15, -0.1) is 0 Å². The number of hydrogen-bond acceptors (Lipinski definition) is 5. The molecule has 0 saturated heterocycles. The molecule has 0 spiro atoms. The van der Waals surface area contributed by atoms with Crippen molar-refractivity contribution in [3.05, 3.63) is 36.0 Å². The van der Waals surface area contributed by atoms with Crippen molar-refractivity contribution in [2.24, 2.45) is 0 Å². The summed E-state index contributed by atoms with van der Waals surface area (Å²) < 4.78 is 6.72. The van der Waals surface area contributed by atoms with E-state index in [1.54, 1.807) is 6.20 Å². The van der Waals surface area contributed by atoms with E-state index in [1.807, 2.05) is 23.9 Å². The van der Waals surface area contributed by atoms with Crippen LogP contribution in [0.25, 0.3) is 0 Å². The first-order chi connectivity index (χ1) is 8.65. The lowest BCUT2D eigenvalue weighted by Crippen LogP contribution is -2.30. The second kappa shape index (κ2) is 5.46. The van der Waals surface area contributed by atoms with Gasteiger partial charge in [-0.3, -0.25) is 4.68 Å². The molecule has 0 aliphatic heterocycles. The third kappa shape index (κ3) is 3.17. The van der Waals surface area contributed by atoms with Gasteiger partial charge in [0.05, 0.1) is 13.1 Å². The molecule has 2 aromatic heterocycles. The van der Waals surface area contributed by atoms with Crippen molar-refractivity contribution >= 4 is 5.97 Å². The van der Waals surface area contributed by atoms with Crippen LogP contribution in [-0.2, 0) is 13.1 Å². The van der Waals surface area contributed by atoms with Gasteiger partial charge in [0.2, 0.25) is 0 Å². The molecule has 0 saturated carbocycles. The Labute approximate surface area is 103 Å². The van der Waals surface area contributed by atoms with Crippen LogP contribution in [0.5, 0.6) is 0 Å². The number of carboxylic acids is 1. The summed E-state index contributed by atoms with van der Waals surface area (Å²) in [4.78, 5) is 10.6. The van der Waals surface area contributed by atoms with Crippen molar-refractivity contribution < 1.29 is 14.4 Å². The van der Waals surface area contributed by atoms with Gasteiger partial charge in [0.25, 0.3) is 0 Å². The van der Waals surface area contributed by atoms with E-state index in [4.69, 9.17) is 9.63 Å². The Kier molecular flexibility index (Phi) is 3.73. The summed E-state index contributed by atoms with van der Waals surface area (Å²) in [5, 5.41) is 19.4. The molecule has 18 heavy (non-hydrogen) atoms. The van der Waals surface area contributed by atoms with Crippen LogP contribution in [-0.4, -0.2) is 32.1 Å². The zero-order valence-electron chi connectivity index (χ0n) is 9.91. The fraction of sp³-hybridized carbons (Fsp3) is 0.364. The first-order valence-electron chi connectivity index (χ1n) is 5.55. The lowest BCUT2D eigenvalue weighted by molar-refractivity contribution is 0.0685. The van der Waals surface area contributed by atoms with Crippen molar-refractivity contribution in [2.75, 3.05) is 0 Å². The second-order valence-electron chi connectivity index (χ2n) is 3.99. The van der Waals surface area contributed by atoms with Crippen molar-refractivity contribution in [3.8, 4) is 0 Å². The summed E-state index contributed by atoms with van der Waals surface area (Å²) >= 11 is 0. The molecular weight excluding hydrogens is 236 g/mol. The first-order valence-corrected chi connectivity index (χ1v) is 5.55. The minimum atomic E-state index is -1.09. The fourth-order valence-corrected chi connectivity index (χ4v) is 1.53.